The van der Waals surface area contributed by atoms with Crippen molar-refractivity contribution in [3.63, 3.8) is 0 Å². The Morgan fingerprint density at radius 3 is 2.65 bits per heavy atom. The predicted octanol–water partition coefficient (Wildman–Crippen LogP) is 4.40. The van der Waals surface area contributed by atoms with E-state index in [0.29, 0.717) is 11.6 Å². The molecule has 2 rings (SSSR count). The van der Waals surface area contributed by atoms with Gasteiger partial charge < -0.3 is 4.74 Å². The van der Waals surface area contributed by atoms with Crippen LogP contribution in [-0.4, -0.2) is 4.92 Å². The molecule has 4 nitrogen and oxygen atoms in total. The standard InChI is InChI=1S/C13H8ClF2NO3/c14-7-8-2-1-3-10(16)13(8)20-12-5-4-9(15)6-11(12)17(18)19/h1-6H,7H2. The van der Waals surface area contributed by atoms with Crippen LogP contribution in [0.15, 0.2) is 36.4 Å². The zero-order chi connectivity index (χ0) is 14.7. The van der Waals surface area contributed by atoms with Crippen LogP contribution in [0.5, 0.6) is 11.5 Å². The maximum absolute atomic E-state index is 13.7. The van der Waals surface area contributed by atoms with E-state index in [1.54, 1.807) is 0 Å². The largest absolute Gasteiger partial charge is 0.447 e. The number of halogens is 3. The lowest BCUT2D eigenvalue weighted by Gasteiger charge is -2.10. The average molecular weight is 300 g/mol. The molecule has 0 aliphatic carbocycles. The fraction of sp³-hybridized carbons (Fsp3) is 0.0769. The number of hydrogen-bond acceptors (Lipinski definition) is 3. The summed E-state index contributed by atoms with van der Waals surface area (Å²) in [5, 5.41) is 10.8. The van der Waals surface area contributed by atoms with Gasteiger partial charge in [0.25, 0.3) is 0 Å². The maximum Gasteiger partial charge on any atom is 0.314 e. The summed E-state index contributed by atoms with van der Waals surface area (Å²) in [4.78, 5) is 10.0. The average Bonchev–Trinajstić information content (AvgIpc) is 2.42. The van der Waals surface area contributed by atoms with Gasteiger partial charge in [0.15, 0.2) is 11.6 Å². The zero-order valence-electron chi connectivity index (χ0n) is 9.98. The number of nitro benzene ring substituents is 1. The SMILES string of the molecule is O=[N+]([O-])c1cc(F)ccc1Oc1c(F)cccc1CCl. The Balaban J connectivity index is 2.48. The van der Waals surface area contributed by atoms with E-state index in [0.717, 1.165) is 18.2 Å². The molecule has 0 bridgehead atoms. The Morgan fingerprint density at radius 1 is 1.25 bits per heavy atom. The summed E-state index contributed by atoms with van der Waals surface area (Å²) < 4.78 is 31.9. The minimum absolute atomic E-state index is 0.0257. The third kappa shape index (κ3) is 2.85. The van der Waals surface area contributed by atoms with Gasteiger partial charge in [-0.3, -0.25) is 10.1 Å². The van der Waals surface area contributed by atoms with Crippen molar-refractivity contribution < 1.29 is 18.4 Å². The predicted molar refractivity (Wildman–Crippen MR) is 69.1 cm³/mol. The van der Waals surface area contributed by atoms with Gasteiger partial charge in [0.2, 0.25) is 5.75 Å². The van der Waals surface area contributed by atoms with E-state index in [9.17, 15) is 18.9 Å². The van der Waals surface area contributed by atoms with Crippen molar-refractivity contribution >= 4 is 17.3 Å². The van der Waals surface area contributed by atoms with Crippen molar-refractivity contribution in [3.05, 3.63) is 63.7 Å². The topological polar surface area (TPSA) is 52.4 Å². The van der Waals surface area contributed by atoms with Crippen molar-refractivity contribution in [3.8, 4) is 11.5 Å². The molecule has 0 heterocycles. The number of hydrogen-bond donors (Lipinski definition) is 0. The number of ether oxygens (including phenoxy) is 1. The summed E-state index contributed by atoms with van der Waals surface area (Å²) in [5.41, 5.74) is -0.251. The lowest BCUT2D eigenvalue weighted by Crippen LogP contribution is -1.98. The van der Waals surface area contributed by atoms with Crippen LogP contribution >= 0.6 is 11.6 Å². The normalized spacial score (nSPS) is 10.3. The molecular formula is C13H8ClF2NO3. The fourth-order valence-corrected chi connectivity index (χ4v) is 1.81. The highest BCUT2D eigenvalue weighted by Crippen LogP contribution is 2.35. The molecule has 0 aliphatic heterocycles. The van der Waals surface area contributed by atoms with Crippen molar-refractivity contribution in [1.29, 1.82) is 0 Å². The first-order valence-corrected chi connectivity index (χ1v) is 6.01. The minimum Gasteiger partial charge on any atom is -0.447 e. The van der Waals surface area contributed by atoms with E-state index in [1.165, 1.54) is 12.1 Å². The molecule has 7 heteroatoms. The van der Waals surface area contributed by atoms with Gasteiger partial charge in [0, 0.05) is 5.56 Å². The Bertz CT molecular complexity index is 664. The fourth-order valence-electron chi connectivity index (χ4n) is 1.60. The van der Waals surface area contributed by atoms with Gasteiger partial charge >= 0.3 is 5.69 Å². The number of nitro groups is 1. The number of para-hydroxylation sites is 1. The highest BCUT2D eigenvalue weighted by atomic mass is 35.5. The van der Waals surface area contributed by atoms with Crippen molar-refractivity contribution in [2.24, 2.45) is 0 Å². The molecule has 0 atom stereocenters. The van der Waals surface area contributed by atoms with Crippen LogP contribution < -0.4 is 4.74 Å². The second-order valence-electron chi connectivity index (χ2n) is 3.83. The van der Waals surface area contributed by atoms with Gasteiger partial charge in [0.1, 0.15) is 5.82 Å². The van der Waals surface area contributed by atoms with Crippen molar-refractivity contribution in [2.45, 2.75) is 5.88 Å². The third-order valence-electron chi connectivity index (χ3n) is 2.52. The summed E-state index contributed by atoms with van der Waals surface area (Å²) in [5.74, 6) is -1.98. The summed E-state index contributed by atoms with van der Waals surface area (Å²) in [7, 11) is 0. The van der Waals surface area contributed by atoms with E-state index < -0.39 is 22.2 Å². The highest BCUT2D eigenvalue weighted by molar-refractivity contribution is 6.17. The Kier molecular flexibility index (Phi) is 4.14. The summed E-state index contributed by atoms with van der Waals surface area (Å²) in [6.45, 7) is 0. The molecule has 2 aromatic rings. The van der Waals surface area contributed by atoms with Gasteiger partial charge in [-0.2, -0.15) is 0 Å². The highest BCUT2D eigenvalue weighted by Gasteiger charge is 2.19. The second kappa shape index (κ2) is 5.83. The van der Waals surface area contributed by atoms with Crippen molar-refractivity contribution in [2.75, 3.05) is 0 Å². The van der Waals surface area contributed by atoms with Crippen LogP contribution in [0.4, 0.5) is 14.5 Å². The molecule has 0 saturated carbocycles. The quantitative estimate of drug-likeness (QED) is 0.477. The van der Waals surface area contributed by atoms with E-state index in [-0.39, 0.29) is 17.4 Å². The smallest absolute Gasteiger partial charge is 0.314 e. The number of nitrogens with zero attached hydrogens (tertiary/aromatic N) is 1. The molecule has 0 fully saturated rings. The van der Waals surface area contributed by atoms with E-state index in [4.69, 9.17) is 16.3 Å². The Morgan fingerprint density at radius 2 is 2.00 bits per heavy atom. The number of alkyl halides is 1. The molecular weight excluding hydrogens is 292 g/mol. The lowest BCUT2D eigenvalue weighted by atomic mass is 10.2. The van der Waals surface area contributed by atoms with Gasteiger partial charge in [-0.1, -0.05) is 12.1 Å². The molecule has 0 N–H and O–H groups in total. The summed E-state index contributed by atoms with van der Waals surface area (Å²) in [6.07, 6.45) is 0. The maximum atomic E-state index is 13.7. The number of rotatable bonds is 4. The van der Waals surface area contributed by atoms with Crippen LogP contribution in [-0.2, 0) is 5.88 Å². The van der Waals surface area contributed by atoms with Gasteiger partial charge in [-0.15, -0.1) is 11.6 Å². The molecule has 0 amide bonds. The van der Waals surface area contributed by atoms with Crippen LogP contribution in [0, 0.1) is 21.7 Å². The summed E-state index contributed by atoms with van der Waals surface area (Å²) in [6, 6.07) is 6.87. The van der Waals surface area contributed by atoms with Crippen LogP contribution in [0.1, 0.15) is 5.56 Å². The minimum atomic E-state index is -0.806. The Hall–Kier alpha value is -2.21. The third-order valence-corrected chi connectivity index (χ3v) is 2.81. The molecule has 0 aliphatic rings. The van der Waals surface area contributed by atoms with Crippen LogP contribution in [0.25, 0.3) is 0 Å². The van der Waals surface area contributed by atoms with Crippen LogP contribution in [0.2, 0.25) is 0 Å². The van der Waals surface area contributed by atoms with Gasteiger partial charge in [0.05, 0.1) is 16.9 Å². The van der Waals surface area contributed by atoms with E-state index >= 15 is 0 Å². The zero-order valence-corrected chi connectivity index (χ0v) is 10.7. The van der Waals surface area contributed by atoms with E-state index in [1.807, 2.05) is 0 Å². The molecule has 0 aromatic heterocycles. The lowest BCUT2D eigenvalue weighted by molar-refractivity contribution is -0.385. The first-order chi connectivity index (χ1) is 9.52. The van der Waals surface area contributed by atoms with Crippen LogP contribution in [0.3, 0.4) is 0 Å². The second-order valence-corrected chi connectivity index (χ2v) is 4.10. The molecule has 104 valence electrons. The molecule has 2 aromatic carbocycles. The van der Waals surface area contributed by atoms with Crippen molar-refractivity contribution in [1.82, 2.24) is 0 Å². The monoisotopic (exact) mass is 299 g/mol. The molecule has 20 heavy (non-hydrogen) atoms. The molecule has 0 spiro atoms. The first-order valence-electron chi connectivity index (χ1n) is 5.48. The van der Waals surface area contributed by atoms with Gasteiger partial charge in [-0.05, 0) is 18.2 Å². The Labute approximate surface area is 117 Å². The van der Waals surface area contributed by atoms with Gasteiger partial charge in [-0.25, -0.2) is 8.78 Å². The molecule has 0 saturated heterocycles. The van der Waals surface area contributed by atoms with E-state index in [2.05, 4.69) is 0 Å². The summed E-state index contributed by atoms with van der Waals surface area (Å²) >= 11 is 5.66. The number of benzene rings is 2. The molecule has 0 unspecified atom stereocenters. The molecule has 0 radical (unpaired) electrons. The first kappa shape index (κ1) is 14.2.